The molecule has 0 saturated carbocycles. The monoisotopic (exact) mass is 496 g/mol. The average Bonchev–Trinajstić information content (AvgIpc) is 2.69. The summed E-state index contributed by atoms with van der Waals surface area (Å²) in [5.41, 5.74) is 0. The van der Waals surface area contributed by atoms with Crippen molar-refractivity contribution < 1.29 is 16.8 Å². The molecule has 0 aromatic rings. The van der Waals surface area contributed by atoms with Gasteiger partial charge >= 0.3 is 0 Å². The Kier molecular flexibility index (Phi) is 14.2. The van der Waals surface area contributed by atoms with Gasteiger partial charge in [0, 0.05) is 27.2 Å². The molecule has 0 atom stereocenters. The number of unbranched alkanes of at least 4 members (excludes halogenated alkanes) is 7. The van der Waals surface area contributed by atoms with Crippen LogP contribution in [0.2, 0.25) is 0 Å². The Morgan fingerprint density at radius 1 is 0.531 bits per heavy atom. The molecular weight excluding hydrogens is 444 g/mol. The normalized spacial score (nSPS) is 13.9. The van der Waals surface area contributed by atoms with Crippen molar-refractivity contribution in [3.63, 3.8) is 0 Å². The zero-order valence-corrected chi connectivity index (χ0v) is 23.9. The molecule has 0 spiro atoms. The van der Waals surface area contributed by atoms with Gasteiger partial charge in [-0.15, -0.1) is 0 Å². The summed E-state index contributed by atoms with van der Waals surface area (Å²) in [6.45, 7) is 12.6. The van der Waals surface area contributed by atoms with Gasteiger partial charge in [0.25, 0.3) is 0 Å². The Labute approximate surface area is 200 Å². The van der Waals surface area contributed by atoms with Crippen LogP contribution in [0.3, 0.4) is 0 Å². The molecule has 0 rings (SSSR count). The lowest BCUT2D eigenvalue weighted by atomic mass is 10.0. The van der Waals surface area contributed by atoms with Crippen molar-refractivity contribution in [2.45, 2.75) is 128 Å². The van der Waals surface area contributed by atoms with E-state index >= 15 is 0 Å². The van der Waals surface area contributed by atoms with Crippen LogP contribution in [0, 0.1) is 0 Å². The Hall–Kier alpha value is -0.180. The predicted octanol–water partition coefficient (Wildman–Crippen LogP) is 5.79. The first-order valence-electron chi connectivity index (χ1n) is 12.6. The van der Waals surface area contributed by atoms with E-state index in [1.54, 1.807) is 14.1 Å². The zero-order valence-electron chi connectivity index (χ0n) is 22.2. The van der Waals surface area contributed by atoms with Crippen LogP contribution in [0.15, 0.2) is 0 Å². The van der Waals surface area contributed by atoms with E-state index in [4.69, 9.17) is 0 Å². The predicted molar refractivity (Wildman–Crippen MR) is 138 cm³/mol. The third-order valence-corrected chi connectivity index (χ3v) is 11.9. The lowest BCUT2D eigenvalue weighted by Gasteiger charge is -2.31. The largest absolute Gasteiger partial charge is 0.219 e. The molecule has 0 amide bonds. The third-order valence-electron chi connectivity index (χ3n) is 6.68. The van der Waals surface area contributed by atoms with Crippen LogP contribution >= 0.6 is 0 Å². The Morgan fingerprint density at radius 3 is 1.12 bits per heavy atom. The van der Waals surface area contributed by atoms with Crippen molar-refractivity contribution in [1.82, 2.24) is 8.61 Å². The van der Waals surface area contributed by atoms with E-state index in [-0.39, 0.29) is 0 Å². The van der Waals surface area contributed by atoms with E-state index in [1.165, 1.54) is 8.61 Å². The summed E-state index contributed by atoms with van der Waals surface area (Å²) in [4.78, 5) is 0. The van der Waals surface area contributed by atoms with Gasteiger partial charge in [-0.3, -0.25) is 0 Å². The summed E-state index contributed by atoms with van der Waals surface area (Å²) >= 11 is 0. The fraction of sp³-hybridized carbons (Fsp3) is 1.00. The molecule has 0 saturated heterocycles. The number of hydrogen-bond donors (Lipinski definition) is 0. The number of rotatable bonds is 19. The topological polar surface area (TPSA) is 74.8 Å². The van der Waals surface area contributed by atoms with E-state index in [2.05, 4.69) is 13.8 Å². The highest BCUT2D eigenvalue weighted by Crippen LogP contribution is 2.28. The summed E-state index contributed by atoms with van der Waals surface area (Å²) in [5.74, 6) is 0. The van der Waals surface area contributed by atoms with Gasteiger partial charge in [0.2, 0.25) is 20.0 Å². The van der Waals surface area contributed by atoms with E-state index < -0.39 is 29.5 Å². The fourth-order valence-electron chi connectivity index (χ4n) is 3.97. The van der Waals surface area contributed by atoms with Crippen molar-refractivity contribution >= 4 is 20.0 Å². The highest BCUT2D eigenvalue weighted by Gasteiger charge is 2.37. The van der Waals surface area contributed by atoms with Crippen molar-refractivity contribution in [2.24, 2.45) is 0 Å². The lowest BCUT2D eigenvalue weighted by molar-refractivity contribution is 0.401. The van der Waals surface area contributed by atoms with Gasteiger partial charge in [-0.05, 0) is 53.4 Å². The Morgan fingerprint density at radius 2 is 0.844 bits per heavy atom. The minimum absolute atomic E-state index is 0.512. The van der Waals surface area contributed by atoms with E-state index in [9.17, 15) is 16.8 Å². The summed E-state index contributed by atoms with van der Waals surface area (Å²) in [5, 5.41) is 0. The number of nitrogens with zero attached hydrogens (tertiary/aromatic N) is 2. The highest BCUT2D eigenvalue weighted by molar-refractivity contribution is 7.90. The lowest BCUT2D eigenvalue weighted by Crippen LogP contribution is -2.43. The van der Waals surface area contributed by atoms with Gasteiger partial charge < -0.3 is 0 Å². The molecule has 0 aliphatic rings. The molecule has 0 unspecified atom stereocenters. The minimum atomic E-state index is -3.32. The summed E-state index contributed by atoms with van der Waals surface area (Å²) in [6.07, 6.45) is 10.9. The standard InChI is InChI=1S/C24H52N2O4S2/c1-9-11-15-19-23(3,4)31(27,28)25(7)21-17-13-14-18-22-26(8)32(29,30)24(5,6)20-16-12-10-2/h9-22H2,1-8H3. The number of sulfonamides is 2. The molecule has 32 heavy (non-hydrogen) atoms. The molecule has 8 heteroatoms. The van der Waals surface area contributed by atoms with Gasteiger partial charge in [-0.25, -0.2) is 25.4 Å². The van der Waals surface area contributed by atoms with E-state index in [1.807, 2.05) is 27.7 Å². The smallest absolute Gasteiger partial charge is 0.212 e. The maximum absolute atomic E-state index is 12.9. The maximum Gasteiger partial charge on any atom is 0.219 e. The summed E-state index contributed by atoms with van der Waals surface area (Å²) in [7, 11) is -3.29. The molecule has 0 aliphatic heterocycles. The summed E-state index contributed by atoms with van der Waals surface area (Å²) < 4.78 is 53.2. The average molecular weight is 497 g/mol. The molecule has 0 aliphatic carbocycles. The third kappa shape index (κ3) is 9.59. The molecule has 0 bridgehead atoms. The van der Waals surface area contributed by atoms with Crippen LogP contribution in [0.25, 0.3) is 0 Å². The molecule has 194 valence electrons. The zero-order chi connectivity index (χ0) is 25.1. The SMILES string of the molecule is CCCCCC(C)(C)S(=O)(=O)N(C)CCCCCCN(C)S(=O)(=O)C(C)(C)CCCCC. The molecule has 0 heterocycles. The highest BCUT2D eigenvalue weighted by atomic mass is 32.2. The molecule has 6 nitrogen and oxygen atoms in total. The molecule has 0 aromatic carbocycles. The fourth-order valence-corrected chi connectivity index (χ4v) is 7.20. The van der Waals surface area contributed by atoms with E-state index in [0.29, 0.717) is 25.9 Å². The van der Waals surface area contributed by atoms with Crippen molar-refractivity contribution in [2.75, 3.05) is 27.2 Å². The van der Waals surface area contributed by atoms with Crippen LogP contribution in [-0.4, -0.2) is 62.1 Å². The number of hydrogen-bond acceptors (Lipinski definition) is 4. The second-order valence-corrected chi connectivity index (χ2v) is 15.9. The van der Waals surface area contributed by atoms with Crippen molar-refractivity contribution in [1.29, 1.82) is 0 Å². The first-order chi connectivity index (χ1) is 14.7. The quantitative estimate of drug-likeness (QED) is 0.212. The second-order valence-electron chi connectivity index (χ2n) is 10.5. The molecule has 0 aromatic heterocycles. The maximum atomic E-state index is 12.9. The van der Waals surface area contributed by atoms with Gasteiger partial charge in [0.1, 0.15) is 0 Å². The minimum Gasteiger partial charge on any atom is -0.212 e. The van der Waals surface area contributed by atoms with Gasteiger partial charge in [0.05, 0.1) is 9.49 Å². The van der Waals surface area contributed by atoms with Crippen LogP contribution in [0.1, 0.15) is 119 Å². The van der Waals surface area contributed by atoms with Gasteiger partial charge in [-0.1, -0.05) is 65.2 Å². The van der Waals surface area contributed by atoms with Crippen LogP contribution in [0.5, 0.6) is 0 Å². The molecule has 0 fully saturated rings. The van der Waals surface area contributed by atoms with Crippen LogP contribution < -0.4 is 0 Å². The Balaban J connectivity index is 4.43. The van der Waals surface area contributed by atoms with Crippen LogP contribution in [-0.2, 0) is 20.0 Å². The first kappa shape index (κ1) is 31.8. The van der Waals surface area contributed by atoms with Gasteiger partial charge in [0.15, 0.2) is 0 Å². The van der Waals surface area contributed by atoms with Crippen LogP contribution in [0.4, 0.5) is 0 Å². The van der Waals surface area contributed by atoms with E-state index in [0.717, 1.165) is 64.2 Å². The van der Waals surface area contributed by atoms with Gasteiger partial charge in [-0.2, -0.15) is 0 Å². The molecule has 0 N–H and O–H groups in total. The molecular formula is C24H52N2O4S2. The van der Waals surface area contributed by atoms with Crippen molar-refractivity contribution in [3.8, 4) is 0 Å². The molecule has 0 radical (unpaired) electrons. The van der Waals surface area contributed by atoms with Crippen molar-refractivity contribution in [3.05, 3.63) is 0 Å². The Bertz CT molecular complexity index is 654. The second kappa shape index (κ2) is 14.3. The first-order valence-corrected chi connectivity index (χ1v) is 15.5. The summed E-state index contributed by atoms with van der Waals surface area (Å²) in [6, 6.07) is 0.